The van der Waals surface area contributed by atoms with Gasteiger partial charge in [0.2, 0.25) is 0 Å². The zero-order chi connectivity index (χ0) is 14.0. The van der Waals surface area contributed by atoms with Crippen molar-refractivity contribution in [3.63, 3.8) is 0 Å². The van der Waals surface area contributed by atoms with E-state index in [1.54, 1.807) is 0 Å². The number of hydrogen-bond donors (Lipinski definition) is 1. The standard InChI is InChI=1S/C18H24N2/c1-14-5-4-10-18(19,11-8-14)13-15-9-12-20-17-7-3-2-6-16(15)17/h2-3,6-7,9,12,14H,4-5,8,10-11,13,19H2,1H3. The van der Waals surface area contributed by atoms with E-state index < -0.39 is 0 Å². The largest absolute Gasteiger partial charge is 0.325 e. The van der Waals surface area contributed by atoms with Crippen molar-refractivity contribution in [1.82, 2.24) is 4.98 Å². The molecule has 1 heterocycles. The Labute approximate surface area is 121 Å². The van der Waals surface area contributed by atoms with Crippen LogP contribution in [0.3, 0.4) is 0 Å². The molecule has 2 unspecified atom stereocenters. The van der Waals surface area contributed by atoms with Crippen molar-refractivity contribution >= 4 is 10.9 Å². The van der Waals surface area contributed by atoms with Gasteiger partial charge in [0, 0.05) is 17.1 Å². The second-order valence-corrected chi connectivity index (χ2v) is 6.56. The average Bonchev–Trinajstić information content (AvgIpc) is 2.61. The molecular weight excluding hydrogens is 244 g/mol. The highest BCUT2D eigenvalue weighted by atomic mass is 14.7. The van der Waals surface area contributed by atoms with Crippen molar-refractivity contribution in [1.29, 1.82) is 0 Å². The van der Waals surface area contributed by atoms with E-state index in [1.807, 2.05) is 12.3 Å². The van der Waals surface area contributed by atoms with Gasteiger partial charge in [-0.15, -0.1) is 0 Å². The van der Waals surface area contributed by atoms with Crippen molar-refractivity contribution in [2.45, 2.75) is 51.0 Å². The molecule has 0 bridgehead atoms. The molecule has 20 heavy (non-hydrogen) atoms. The molecule has 2 aromatic rings. The first-order valence-electron chi connectivity index (χ1n) is 7.78. The lowest BCUT2D eigenvalue weighted by Gasteiger charge is -2.28. The van der Waals surface area contributed by atoms with Crippen molar-refractivity contribution in [2.24, 2.45) is 11.7 Å². The maximum atomic E-state index is 6.72. The lowest BCUT2D eigenvalue weighted by atomic mass is 9.84. The zero-order valence-corrected chi connectivity index (χ0v) is 12.3. The van der Waals surface area contributed by atoms with Gasteiger partial charge < -0.3 is 5.73 Å². The second kappa shape index (κ2) is 5.53. The summed E-state index contributed by atoms with van der Waals surface area (Å²) in [5.74, 6) is 0.828. The Kier molecular flexibility index (Phi) is 3.75. The number of aromatic nitrogens is 1. The topological polar surface area (TPSA) is 38.9 Å². The van der Waals surface area contributed by atoms with Crippen LogP contribution in [0.25, 0.3) is 10.9 Å². The minimum atomic E-state index is -0.0329. The van der Waals surface area contributed by atoms with Crippen molar-refractivity contribution < 1.29 is 0 Å². The Morgan fingerprint density at radius 1 is 1.20 bits per heavy atom. The van der Waals surface area contributed by atoms with E-state index in [0.717, 1.165) is 30.7 Å². The number of nitrogens with two attached hydrogens (primary N) is 1. The first kappa shape index (κ1) is 13.6. The van der Waals surface area contributed by atoms with Gasteiger partial charge in [0.15, 0.2) is 0 Å². The Bertz CT molecular complexity index is 587. The van der Waals surface area contributed by atoms with Crippen molar-refractivity contribution in [3.05, 3.63) is 42.1 Å². The van der Waals surface area contributed by atoms with Crippen LogP contribution in [0, 0.1) is 5.92 Å². The predicted molar refractivity (Wildman–Crippen MR) is 84.6 cm³/mol. The quantitative estimate of drug-likeness (QED) is 0.834. The minimum Gasteiger partial charge on any atom is -0.325 e. The third-order valence-corrected chi connectivity index (χ3v) is 4.79. The van der Waals surface area contributed by atoms with Gasteiger partial charge in [-0.3, -0.25) is 4.98 Å². The highest BCUT2D eigenvalue weighted by Gasteiger charge is 2.28. The Hall–Kier alpha value is -1.41. The number of rotatable bonds is 2. The van der Waals surface area contributed by atoms with Gasteiger partial charge in [0.05, 0.1) is 5.52 Å². The van der Waals surface area contributed by atoms with Crippen LogP contribution in [0.5, 0.6) is 0 Å². The normalized spacial score (nSPS) is 27.4. The molecule has 106 valence electrons. The summed E-state index contributed by atoms with van der Waals surface area (Å²) >= 11 is 0. The summed E-state index contributed by atoms with van der Waals surface area (Å²) in [6.45, 7) is 2.35. The Morgan fingerprint density at radius 3 is 2.95 bits per heavy atom. The van der Waals surface area contributed by atoms with Crippen LogP contribution in [0.1, 0.15) is 44.6 Å². The van der Waals surface area contributed by atoms with Gasteiger partial charge in [-0.05, 0) is 49.3 Å². The smallest absolute Gasteiger partial charge is 0.0704 e. The Balaban J connectivity index is 1.88. The molecule has 3 rings (SSSR count). The van der Waals surface area contributed by atoms with E-state index in [1.165, 1.54) is 30.2 Å². The number of fused-ring (bicyclic) bond motifs is 1. The number of benzene rings is 1. The van der Waals surface area contributed by atoms with Crippen LogP contribution in [0.15, 0.2) is 36.5 Å². The monoisotopic (exact) mass is 268 g/mol. The van der Waals surface area contributed by atoms with Crippen LogP contribution < -0.4 is 5.73 Å². The molecule has 1 saturated carbocycles. The van der Waals surface area contributed by atoms with Gasteiger partial charge in [0.25, 0.3) is 0 Å². The maximum Gasteiger partial charge on any atom is 0.0704 e. The number of para-hydroxylation sites is 1. The van der Waals surface area contributed by atoms with E-state index >= 15 is 0 Å². The van der Waals surface area contributed by atoms with Crippen LogP contribution in [0.4, 0.5) is 0 Å². The van der Waals surface area contributed by atoms with E-state index in [4.69, 9.17) is 5.73 Å². The Morgan fingerprint density at radius 2 is 2.05 bits per heavy atom. The molecular formula is C18H24N2. The zero-order valence-electron chi connectivity index (χ0n) is 12.3. The lowest BCUT2D eigenvalue weighted by molar-refractivity contribution is 0.364. The highest BCUT2D eigenvalue weighted by Crippen LogP contribution is 2.32. The van der Waals surface area contributed by atoms with Crippen LogP contribution in [-0.2, 0) is 6.42 Å². The molecule has 0 saturated heterocycles. The average molecular weight is 268 g/mol. The molecule has 1 fully saturated rings. The van der Waals surface area contributed by atoms with E-state index in [9.17, 15) is 0 Å². The molecule has 0 spiro atoms. The predicted octanol–water partition coefficient (Wildman–Crippen LogP) is 4.08. The number of hydrogen-bond acceptors (Lipinski definition) is 2. The first-order valence-corrected chi connectivity index (χ1v) is 7.78. The fraction of sp³-hybridized carbons (Fsp3) is 0.500. The number of nitrogens with zero attached hydrogens (tertiary/aromatic N) is 1. The summed E-state index contributed by atoms with van der Waals surface area (Å²) < 4.78 is 0. The molecule has 2 N–H and O–H groups in total. The third-order valence-electron chi connectivity index (χ3n) is 4.79. The van der Waals surface area contributed by atoms with E-state index in [-0.39, 0.29) is 5.54 Å². The van der Waals surface area contributed by atoms with Gasteiger partial charge in [-0.2, -0.15) is 0 Å². The fourth-order valence-electron chi connectivity index (χ4n) is 3.47. The summed E-state index contributed by atoms with van der Waals surface area (Å²) in [5.41, 5.74) is 9.12. The molecule has 1 aliphatic rings. The summed E-state index contributed by atoms with van der Waals surface area (Å²) in [7, 11) is 0. The summed E-state index contributed by atoms with van der Waals surface area (Å²) in [6.07, 6.45) is 9.04. The van der Waals surface area contributed by atoms with Gasteiger partial charge in [-0.1, -0.05) is 38.0 Å². The van der Waals surface area contributed by atoms with E-state index in [2.05, 4.69) is 36.2 Å². The van der Waals surface area contributed by atoms with Crippen LogP contribution in [-0.4, -0.2) is 10.5 Å². The second-order valence-electron chi connectivity index (χ2n) is 6.56. The molecule has 1 aliphatic carbocycles. The highest BCUT2D eigenvalue weighted by molar-refractivity contribution is 5.81. The minimum absolute atomic E-state index is 0.0329. The number of pyridine rings is 1. The third kappa shape index (κ3) is 2.85. The summed E-state index contributed by atoms with van der Waals surface area (Å²) in [6, 6.07) is 10.5. The molecule has 2 atom stereocenters. The van der Waals surface area contributed by atoms with Gasteiger partial charge in [-0.25, -0.2) is 0 Å². The summed E-state index contributed by atoms with van der Waals surface area (Å²) in [5, 5.41) is 1.26. The maximum absolute atomic E-state index is 6.72. The first-order chi connectivity index (χ1) is 9.66. The summed E-state index contributed by atoms with van der Waals surface area (Å²) in [4.78, 5) is 4.45. The van der Waals surface area contributed by atoms with Crippen LogP contribution >= 0.6 is 0 Å². The molecule has 0 amide bonds. The van der Waals surface area contributed by atoms with E-state index in [0.29, 0.717) is 0 Å². The molecule has 2 heteroatoms. The van der Waals surface area contributed by atoms with Crippen LogP contribution in [0.2, 0.25) is 0 Å². The molecule has 0 aliphatic heterocycles. The molecule has 1 aromatic heterocycles. The van der Waals surface area contributed by atoms with Gasteiger partial charge >= 0.3 is 0 Å². The van der Waals surface area contributed by atoms with Crippen molar-refractivity contribution in [3.8, 4) is 0 Å². The van der Waals surface area contributed by atoms with Crippen molar-refractivity contribution in [2.75, 3.05) is 0 Å². The molecule has 1 aromatic carbocycles. The molecule has 2 nitrogen and oxygen atoms in total. The SMILES string of the molecule is CC1CCCC(N)(Cc2ccnc3ccccc23)CC1. The molecule has 0 radical (unpaired) electrons. The van der Waals surface area contributed by atoms with Gasteiger partial charge in [0.1, 0.15) is 0 Å². The lowest BCUT2D eigenvalue weighted by Crippen LogP contribution is -2.41. The fourth-order valence-corrected chi connectivity index (χ4v) is 3.47.